The van der Waals surface area contributed by atoms with Gasteiger partial charge >= 0.3 is 0 Å². The Bertz CT molecular complexity index is 604. The summed E-state index contributed by atoms with van der Waals surface area (Å²) in [5.74, 6) is 1.82. The number of hydrogen-bond donors (Lipinski definition) is 0. The van der Waals surface area contributed by atoms with Crippen molar-refractivity contribution in [1.82, 2.24) is 24.9 Å². The van der Waals surface area contributed by atoms with Gasteiger partial charge in [0.1, 0.15) is 0 Å². The van der Waals surface area contributed by atoms with Crippen molar-refractivity contribution in [3.8, 4) is 0 Å². The molecule has 1 aliphatic rings. The Morgan fingerprint density at radius 1 is 1.13 bits per heavy atom. The van der Waals surface area contributed by atoms with Gasteiger partial charge in [0.25, 0.3) is 0 Å². The van der Waals surface area contributed by atoms with Crippen LogP contribution in [0.15, 0.2) is 28.9 Å². The summed E-state index contributed by atoms with van der Waals surface area (Å²) < 4.78 is 5.44. The summed E-state index contributed by atoms with van der Waals surface area (Å²) in [7, 11) is 0. The molecular weight excluding hydrogens is 290 g/mol. The van der Waals surface area contributed by atoms with Gasteiger partial charge in [0.05, 0.1) is 11.7 Å². The van der Waals surface area contributed by atoms with Crippen LogP contribution in [0, 0.1) is 0 Å². The highest BCUT2D eigenvalue weighted by Gasteiger charge is 2.26. The van der Waals surface area contributed by atoms with Crippen molar-refractivity contribution in [1.29, 1.82) is 0 Å². The second-order valence-electron chi connectivity index (χ2n) is 6.45. The monoisotopic (exact) mass is 315 g/mol. The highest BCUT2D eigenvalue weighted by atomic mass is 16.5. The van der Waals surface area contributed by atoms with Gasteiger partial charge in [-0.05, 0) is 19.1 Å². The zero-order valence-corrected chi connectivity index (χ0v) is 14.1. The van der Waals surface area contributed by atoms with E-state index in [1.54, 1.807) is 0 Å². The first kappa shape index (κ1) is 16.1. The maximum absolute atomic E-state index is 5.44. The highest BCUT2D eigenvalue weighted by Crippen LogP contribution is 2.22. The first-order chi connectivity index (χ1) is 11.1. The molecule has 0 saturated carbocycles. The Labute approximate surface area is 137 Å². The molecule has 0 unspecified atom stereocenters. The van der Waals surface area contributed by atoms with Crippen LogP contribution in [0.2, 0.25) is 0 Å². The summed E-state index contributed by atoms with van der Waals surface area (Å²) in [6, 6.07) is 6.26. The van der Waals surface area contributed by atoms with Gasteiger partial charge in [0, 0.05) is 44.8 Å². The molecule has 0 radical (unpaired) electrons. The zero-order chi connectivity index (χ0) is 16.2. The Morgan fingerprint density at radius 3 is 2.52 bits per heavy atom. The van der Waals surface area contributed by atoms with Gasteiger partial charge in [-0.25, -0.2) is 0 Å². The summed E-state index contributed by atoms with van der Waals surface area (Å²) in [5, 5.41) is 4.07. The minimum absolute atomic E-state index is 0.173. The summed E-state index contributed by atoms with van der Waals surface area (Å²) in [4.78, 5) is 13.8. The molecule has 0 aromatic carbocycles. The van der Waals surface area contributed by atoms with Crippen molar-refractivity contribution in [3.63, 3.8) is 0 Å². The van der Waals surface area contributed by atoms with Gasteiger partial charge in [0.15, 0.2) is 5.82 Å². The Kier molecular flexibility index (Phi) is 5.03. The van der Waals surface area contributed by atoms with E-state index in [0.717, 1.165) is 50.1 Å². The molecule has 1 fully saturated rings. The van der Waals surface area contributed by atoms with E-state index in [2.05, 4.69) is 51.8 Å². The molecule has 1 atom stereocenters. The Hall–Kier alpha value is -1.79. The van der Waals surface area contributed by atoms with Crippen LogP contribution < -0.4 is 0 Å². The molecule has 3 heterocycles. The molecule has 23 heavy (non-hydrogen) atoms. The van der Waals surface area contributed by atoms with Crippen LogP contribution in [0.5, 0.6) is 0 Å². The second kappa shape index (κ2) is 7.19. The molecule has 2 aromatic heterocycles. The number of aromatic nitrogens is 3. The summed E-state index contributed by atoms with van der Waals surface area (Å²) >= 11 is 0. The average molecular weight is 315 g/mol. The van der Waals surface area contributed by atoms with E-state index in [1.807, 2.05) is 18.3 Å². The van der Waals surface area contributed by atoms with E-state index in [-0.39, 0.29) is 6.04 Å². The standard InChI is InChI=1S/C17H25N5O/c1-13(2)16-19-17(23-20-16)14(3)22-10-8-21(9-11-22)12-15-6-4-5-7-18-15/h4-7,13-14H,8-12H2,1-3H3/t14-/m0/s1. The largest absolute Gasteiger partial charge is 0.338 e. The first-order valence-electron chi connectivity index (χ1n) is 8.33. The van der Waals surface area contributed by atoms with Crippen LogP contribution in [-0.2, 0) is 6.54 Å². The van der Waals surface area contributed by atoms with Gasteiger partial charge in [-0.3, -0.25) is 14.8 Å². The smallest absolute Gasteiger partial charge is 0.243 e. The summed E-state index contributed by atoms with van der Waals surface area (Å²) in [5.41, 5.74) is 1.13. The average Bonchev–Trinajstić information content (AvgIpc) is 3.06. The topological polar surface area (TPSA) is 58.3 Å². The second-order valence-corrected chi connectivity index (χ2v) is 6.45. The normalized spacial score (nSPS) is 18.4. The third-order valence-electron chi connectivity index (χ3n) is 4.40. The Morgan fingerprint density at radius 2 is 1.91 bits per heavy atom. The number of nitrogens with zero attached hydrogens (tertiary/aromatic N) is 5. The van der Waals surface area contributed by atoms with Crippen molar-refractivity contribution >= 4 is 0 Å². The van der Waals surface area contributed by atoms with Gasteiger partial charge < -0.3 is 4.52 Å². The molecule has 124 valence electrons. The van der Waals surface area contributed by atoms with Crippen molar-refractivity contribution in [2.45, 2.75) is 39.3 Å². The van der Waals surface area contributed by atoms with E-state index >= 15 is 0 Å². The van der Waals surface area contributed by atoms with Crippen LogP contribution in [-0.4, -0.2) is 51.1 Å². The third-order valence-corrected chi connectivity index (χ3v) is 4.40. The molecule has 0 amide bonds. The van der Waals surface area contributed by atoms with Crippen LogP contribution >= 0.6 is 0 Å². The molecule has 1 aliphatic heterocycles. The fourth-order valence-corrected chi connectivity index (χ4v) is 2.84. The lowest BCUT2D eigenvalue weighted by molar-refractivity contribution is 0.0839. The van der Waals surface area contributed by atoms with Crippen molar-refractivity contribution in [2.75, 3.05) is 26.2 Å². The summed E-state index contributed by atoms with van der Waals surface area (Å²) in [6.45, 7) is 11.3. The minimum atomic E-state index is 0.173. The van der Waals surface area contributed by atoms with E-state index in [0.29, 0.717) is 5.92 Å². The zero-order valence-electron chi connectivity index (χ0n) is 14.1. The molecule has 0 aliphatic carbocycles. The van der Waals surface area contributed by atoms with Gasteiger partial charge in [-0.1, -0.05) is 25.1 Å². The van der Waals surface area contributed by atoms with E-state index < -0.39 is 0 Å². The predicted octanol–water partition coefficient (Wildman–Crippen LogP) is 2.47. The number of hydrogen-bond acceptors (Lipinski definition) is 6. The molecule has 0 bridgehead atoms. The first-order valence-corrected chi connectivity index (χ1v) is 8.33. The molecule has 6 nitrogen and oxygen atoms in total. The fraction of sp³-hybridized carbons (Fsp3) is 0.588. The van der Waals surface area contributed by atoms with Crippen LogP contribution in [0.3, 0.4) is 0 Å². The van der Waals surface area contributed by atoms with E-state index in [4.69, 9.17) is 4.52 Å². The SMILES string of the molecule is CC(C)c1noc([C@H](C)N2CCN(Cc3ccccn3)CC2)n1. The van der Waals surface area contributed by atoms with Gasteiger partial charge in [-0.2, -0.15) is 4.98 Å². The van der Waals surface area contributed by atoms with Gasteiger partial charge in [0.2, 0.25) is 5.89 Å². The quantitative estimate of drug-likeness (QED) is 0.845. The molecule has 2 aromatic rings. The predicted molar refractivity (Wildman–Crippen MR) is 87.9 cm³/mol. The number of pyridine rings is 1. The third kappa shape index (κ3) is 3.95. The molecule has 0 N–H and O–H groups in total. The minimum Gasteiger partial charge on any atom is -0.338 e. The molecular formula is C17H25N5O. The van der Waals surface area contributed by atoms with Crippen molar-refractivity contribution < 1.29 is 4.52 Å². The highest BCUT2D eigenvalue weighted by molar-refractivity contribution is 5.03. The van der Waals surface area contributed by atoms with Gasteiger partial charge in [-0.15, -0.1) is 0 Å². The number of piperazine rings is 1. The van der Waals surface area contributed by atoms with Crippen LogP contribution in [0.1, 0.15) is 50.1 Å². The number of rotatable bonds is 5. The maximum Gasteiger partial charge on any atom is 0.243 e. The molecule has 3 rings (SSSR count). The van der Waals surface area contributed by atoms with Crippen LogP contribution in [0.25, 0.3) is 0 Å². The van der Waals surface area contributed by atoms with Crippen molar-refractivity contribution in [3.05, 3.63) is 41.8 Å². The molecule has 0 spiro atoms. The lowest BCUT2D eigenvalue weighted by Gasteiger charge is -2.36. The Balaban J connectivity index is 1.53. The lowest BCUT2D eigenvalue weighted by Crippen LogP contribution is -2.46. The van der Waals surface area contributed by atoms with E-state index in [1.165, 1.54) is 0 Å². The lowest BCUT2D eigenvalue weighted by atomic mass is 10.2. The molecule has 6 heteroatoms. The molecule has 1 saturated heterocycles. The van der Waals surface area contributed by atoms with Crippen LogP contribution in [0.4, 0.5) is 0 Å². The summed E-state index contributed by atoms with van der Waals surface area (Å²) in [6.07, 6.45) is 1.86. The van der Waals surface area contributed by atoms with E-state index in [9.17, 15) is 0 Å². The fourth-order valence-electron chi connectivity index (χ4n) is 2.84. The maximum atomic E-state index is 5.44. The van der Waals surface area contributed by atoms with Crippen molar-refractivity contribution in [2.24, 2.45) is 0 Å².